The predicted octanol–water partition coefficient (Wildman–Crippen LogP) is 15.8. The highest BCUT2D eigenvalue weighted by Crippen LogP contribution is 2.40. The van der Waals surface area contributed by atoms with Crippen molar-refractivity contribution in [3.05, 3.63) is 224 Å². The molecule has 0 aliphatic carbocycles. The average molecular weight is 872 g/mol. The molecule has 0 spiro atoms. The zero-order chi connectivity index (χ0) is 45.0. The molecule has 7 nitrogen and oxygen atoms in total. The summed E-state index contributed by atoms with van der Waals surface area (Å²) < 4.78 is 13.1. The van der Waals surface area contributed by atoms with E-state index in [1.807, 2.05) is 103 Å². The number of hydrogen-bond donors (Lipinski definition) is 0. The molecule has 7 heteroatoms. The molecule has 0 atom stereocenters. The van der Waals surface area contributed by atoms with Gasteiger partial charge in [0.1, 0.15) is 22.3 Å². The van der Waals surface area contributed by atoms with Crippen LogP contribution in [-0.2, 0) is 0 Å². The second kappa shape index (κ2) is 16.3. The van der Waals surface area contributed by atoms with Gasteiger partial charge in [0.25, 0.3) is 0 Å². The third-order valence-electron chi connectivity index (χ3n) is 12.6. The van der Waals surface area contributed by atoms with E-state index in [4.69, 9.17) is 33.8 Å². The fourth-order valence-corrected chi connectivity index (χ4v) is 9.23. The summed E-state index contributed by atoms with van der Waals surface area (Å²) in [5.74, 6) is 2.27. The van der Waals surface area contributed by atoms with Gasteiger partial charge >= 0.3 is 0 Å². The van der Waals surface area contributed by atoms with Crippen molar-refractivity contribution in [1.82, 2.24) is 24.9 Å². The van der Waals surface area contributed by atoms with Crippen LogP contribution in [0.15, 0.2) is 233 Å². The Bertz CT molecular complexity index is 4030. The first-order chi connectivity index (χ1) is 33.7. The molecule has 0 fully saturated rings. The summed E-state index contributed by atoms with van der Waals surface area (Å²) in [6.07, 6.45) is 0. The van der Waals surface area contributed by atoms with E-state index in [9.17, 15) is 0 Å². The molecular weight excluding hydrogens is 835 g/mol. The summed E-state index contributed by atoms with van der Waals surface area (Å²) in [5, 5.41) is 4.18. The summed E-state index contributed by atoms with van der Waals surface area (Å²) in [5.41, 5.74) is 14.4. The van der Waals surface area contributed by atoms with Crippen molar-refractivity contribution in [3.63, 3.8) is 0 Å². The molecule has 0 aliphatic rings. The standard InChI is InChI=1S/C61H37N5O2/c1-4-16-38(17-5-1)46-27-14-28-49-50-29-15-30-51(57(50)68-56(46)49)61-65-58(40-20-8-3-9-21-40)64-60(66-61)44-25-13-23-42(35-44)41-22-12-24-43(34-41)53-37-52(39-18-6-2-7-19-39)62-59(63-53)45-32-33-48-47-26-10-11-31-54(47)67-55(48)36-45/h1-37H. The number of hydrogen-bond acceptors (Lipinski definition) is 7. The van der Waals surface area contributed by atoms with Crippen LogP contribution >= 0.6 is 0 Å². The molecule has 13 rings (SSSR count). The molecule has 0 saturated carbocycles. The zero-order valence-electron chi connectivity index (χ0n) is 36.4. The topological polar surface area (TPSA) is 90.7 Å². The quantitative estimate of drug-likeness (QED) is 0.150. The van der Waals surface area contributed by atoms with Crippen molar-refractivity contribution < 1.29 is 8.83 Å². The van der Waals surface area contributed by atoms with Crippen LogP contribution < -0.4 is 0 Å². The first-order valence-electron chi connectivity index (χ1n) is 22.6. The van der Waals surface area contributed by atoms with Gasteiger partial charge in [-0.05, 0) is 59.2 Å². The summed E-state index contributed by atoms with van der Waals surface area (Å²) in [4.78, 5) is 25.7. The Hall–Kier alpha value is -9.33. The van der Waals surface area contributed by atoms with Crippen molar-refractivity contribution in [3.8, 4) is 90.3 Å². The molecule has 4 aromatic heterocycles. The van der Waals surface area contributed by atoms with Crippen molar-refractivity contribution >= 4 is 43.9 Å². The lowest BCUT2D eigenvalue weighted by atomic mass is 9.99. The van der Waals surface area contributed by atoms with Crippen molar-refractivity contribution in [1.29, 1.82) is 0 Å². The SMILES string of the molecule is c1ccc(-c2cc(-c3cccc(-c4cccc(-c5nc(-c6ccccc6)nc(-c6cccc7c6oc6c(-c8ccccc8)cccc67)n5)c4)c3)nc(-c3ccc4c(c3)oc3ccccc34)n2)cc1. The maximum atomic E-state index is 6.82. The number of furan rings is 2. The minimum absolute atomic E-state index is 0.528. The van der Waals surface area contributed by atoms with E-state index < -0.39 is 0 Å². The van der Waals surface area contributed by atoms with Gasteiger partial charge in [0.15, 0.2) is 23.3 Å². The Morgan fingerprint density at radius 2 is 0.706 bits per heavy atom. The molecule has 0 unspecified atom stereocenters. The third-order valence-corrected chi connectivity index (χ3v) is 12.6. The Balaban J connectivity index is 0.910. The second-order valence-electron chi connectivity index (χ2n) is 16.8. The number of aromatic nitrogens is 5. The molecule has 0 radical (unpaired) electrons. The van der Waals surface area contributed by atoms with Crippen LogP contribution in [-0.4, -0.2) is 24.9 Å². The molecular formula is C61H37N5O2. The largest absolute Gasteiger partial charge is 0.456 e. The monoisotopic (exact) mass is 871 g/mol. The maximum Gasteiger partial charge on any atom is 0.167 e. The van der Waals surface area contributed by atoms with E-state index >= 15 is 0 Å². The summed E-state index contributed by atoms with van der Waals surface area (Å²) in [6, 6.07) is 76.3. The zero-order valence-corrected chi connectivity index (χ0v) is 36.4. The lowest BCUT2D eigenvalue weighted by Gasteiger charge is -2.12. The maximum absolute atomic E-state index is 6.82. The van der Waals surface area contributed by atoms with Crippen LogP contribution in [0.1, 0.15) is 0 Å². The predicted molar refractivity (Wildman–Crippen MR) is 273 cm³/mol. The van der Waals surface area contributed by atoms with Crippen LogP contribution in [0.5, 0.6) is 0 Å². The number of rotatable bonds is 8. The number of para-hydroxylation sites is 3. The molecule has 4 heterocycles. The smallest absolute Gasteiger partial charge is 0.167 e. The molecule has 13 aromatic rings. The molecule has 0 N–H and O–H groups in total. The van der Waals surface area contributed by atoms with E-state index in [0.29, 0.717) is 23.3 Å². The van der Waals surface area contributed by atoms with Gasteiger partial charge in [0.2, 0.25) is 0 Å². The van der Waals surface area contributed by atoms with E-state index in [1.54, 1.807) is 0 Å². The van der Waals surface area contributed by atoms with Gasteiger partial charge in [-0.3, -0.25) is 0 Å². The summed E-state index contributed by atoms with van der Waals surface area (Å²) in [6.45, 7) is 0. The highest BCUT2D eigenvalue weighted by atomic mass is 16.3. The van der Waals surface area contributed by atoms with E-state index in [2.05, 4.69) is 121 Å². The molecule has 318 valence electrons. The van der Waals surface area contributed by atoms with E-state index in [1.165, 1.54) is 0 Å². The summed E-state index contributed by atoms with van der Waals surface area (Å²) >= 11 is 0. The average Bonchev–Trinajstić information content (AvgIpc) is 4.00. The van der Waals surface area contributed by atoms with Gasteiger partial charge in [-0.2, -0.15) is 0 Å². The fraction of sp³-hybridized carbons (Fsp3) is 0. The van der Waals surface area contributed by atoms with Crippen molar-refractivity contribution in [2.24, 2.45) is 0 Å². The Kier molecular flexibility index (Phi) is 9.35. The molecule has 68 heavy (non-hydrogen) atoms. The first-order valence-corrected chi connectivity index (χ1v) is 22.6. The van der Waals surface area contributed by atoms with Gasteiger partial charge in [0, 0.05) is 54.9 Å². The van der Waals surface area contributed by atoms with E-state index in [0.717, 1.165) is 111 Å². The minimum Gasteiger partial charge on any atom is -0.456 e. The van der Waals surface area contributed by atoms with E-state index in [-0.39, 0.29) is 0 Å². The second-order valence-corrected chi connectivity index (χ2v) is 16.8. The Labute approximate surface area is 390 Å². The first kappa shape index (κ1) is 39.1. The van der Waals surface area contributed by atoms with Crippen molar-refractivity contribution in [2.45, 2.75) is 0 Å². The van der Waals surface area contributed by atoms with Crippen LogP contribution in [0.3, 0.4) is 0 Å². The van der Waals surface area contributed by atoms with Gasteiger partial charge in [-0.25, -0.2) is 24.9 Å². The highest BCUT2D eigenvalue weighted by molar-refractivity contribution is 6.12. The van der Waals surface area contributed by atoms with Crippen LogP contribution in [0.4, 0.5) is 0 Å². The molecule has 0 amide bonds. The minimum atomic E-state index is 0.528. The summed E-state index contributed by atoms with van der Waals surface area (Å²) in [7, 11) is 0. The lowest BCUT2D eigenvalue weighted by Crippen LogP contribution is -2.00. The Morgan fingerprint density at radius 3 is 1.44 bits per heavy atom. The molecule has 0 bridgehead atoms. The normalized spacial score (nSPS) is 11.5. The third kappa shape index (κ3) is 6.98. The fourth-order valence-electron chi connectivity index (χ4n) is 9.23. The number of nitrogens with zero attached hydrogens (tertiary/aromatic N) is 5. The molecule has 0 saturated heterocycles. The molecule has 0 aliphatic heterocycles. The lowest BCUT2D eigenvalue weighted by molar-refractivity contribution is 0.669. The van der Waals surface area contributed by atoms with Gasteiger partial charge in [0.05, 0.1) is 17.0 Å². The Morgan fingerprint density at radius 1 is 0.235 bits per heavy atom. The van der Waals surface area contributed by atoms with Crippen LogP contribution in [0.25, 0.3) is 134 Å². The van der Waals surface area contributed by atoms with Crippen LogP contribution in [0.2, 0.25) is 0 Å². The van der Waals surface area contributed by atoms with Gasteiger partial charge in [-0.1, -0.05) is 182 Å². The number of benzene rings is 9. The van der Waals surface area contributed by atoms with Crippen molar-refractivity contribution in [2.75, 3.05) is 0 Å². The molecule has 9 aromatic carbocycles. The van der Waals surface area contributed by atoms with Crippen LogP contribution in [0, 0.1) is 0 Å². The van der Waals surface area contributed by atoms with Gasteiger partial charge in [-0.15, -0.1) is 0 Å². The highest BCUT2D eigenvalue weighted by Gasteiger charge is 2.20. The van der Waals surface area contributed by atoms with Gasteiger partial charge < -0.3 is 8.83 Å². The number of fused-ring (bicyclic) bond motifs is 6.